The quantitative estimate of drug-likeness (QED) is 0.415. The fraction of sp³-hybridized carbons (Fsp3) is 0.484. The largest absolute Gasteiger partial charge is 0.487 e. The van der Waals surface area contributed by atoms with Crippen LogP contribution in [0.2, 0.25) is 5.02 Å². The van der Waals surface area contributed by atoms with Crippen LogP contribution in [0.3, 0.4) is 0 Å². The third-order valence-electron chi connectivity index (χ3n) is 8.68. The molecule has 2 bridgehead atoms. The van der Waals surface area contributed by atoms with Gasteiger partial charge in [0.15, 0.2) is 0 Å². The minimum Gasteiger partial charge on any atom is -0.487 e. The molecule has 5 rings (SSSR count). The van der Waals surface area contributed by atoms with Crippen LogP contribution < -0.4 is 20.1 Å². The summed E-state index contributed by atoms with van der Waals surface area (Å²) >= 11 is 6.29. The summed E-state index contributed by atoms with van der Waals surface area (Å²) in [6.07, 6.45) is 6.54. The van der Waals surface area contributed by atoms with E-state index in [-0.39, 0.29) is 23.8 Å². The van der Waals surface area contributed by atoms with Crippen LogP contribution in [0.5, 0.6) is 5.75 Å². The third kappa shape index (κ3) is 7.63. The molecule has 0 radical (unpaired) electrons. The lowest BCUT2D eigenvalue weighted by Gasteiger charge is -2.42. The van der Waals surface area contributed by atoms with Crippen molar-refractivity contribution in [3.05, 3.63) is 70.3 Å². The molecule has 3 aliphatic rings. The van der Waals surface area contributed by atoms with E-state index in [1.165, 1.54) is 0 Å². The number of anilines is 1. The van der Waals surface area contributed by atoms with Crippen molar-refractivity contribution in [2.45, 2.75) is 62.9 Å². The van der Waals surface area contributed by atoms with Crippen LogP contribution in [-0.2, 0) is 27.8 Å². The Hall–Kier alpha value is -3.28. The zero-order chi connectivity index (χ0) is 30.6. The maximum atomic E-state index is 13.4. The molecule has 2 aliphatic heterocycles. The predicted octanol–water partition coefficient (Wildman–Crippen LogP) is 4.32. The van der Waals surface area contributed by atoms with Gasteiger partial charge in [-0.1, -0.05) is 29.8 Å². The summed E-state index contributed by atoms with van der Waals surface area (Å²) in [5.74, 6) is 0.0755. The Morgan fingerprint density at radius 3 is 2.74 bits per heavy atom. The van der Waals surface area contributed by atoms with E-state index in [9.17, 15) is 23.1 Å². The number of benzene rings is 2. The molecule has 2 amide bonds. The summed E-state index contributed by atoms with van der Waals surface area (Å²) in [5.41, 5.74) is 8.10. The summed E-state index contributed by atoms with van der Waals surface area (Å²) in [7, 11) is -4.25. The number of nitrogens with zero attached hydrogens (tertiary/aromatic N) is 1. The normalized spacial score (nSPS) is 26.7. The first kappa shape index (κ1) is 31.2. The van der Waals surface area contributed by atoms with Crippen LogP contribution in [-0.4, -0.2) is 56.6 Å². The first-order valence-electron chi connectivity index (χ1n) is 14.7. The van der Waals surface area contributed by atoms with Gasteiger partial charge in [-0.3, -0.25) is 4.79 Å². The van der Waals surface area contributed by atoms with E-state index in [0.717, 1.165) is 43.2 Å². The number of allylic oxidation sites excluding steroid dienone is 1. The van der Waals surface area contributed by atoms with Crippen molar-refractivity contribution in [1.82, 2.24) is 4.72 Å². The fourth-order valence-corrected chi connectivity index (χ4v) is 7.50. The number of hydrogen-bond donors (Lipinski definition) is 3. The summed E-state index contributed by atoms with van der Waals surface area (Å²) < 4.78 is 39.8. The van der Waals surface area contributed by atoms with Crippen LogP contribution in [0.4, 0.5) is 10.5 Å². The molecule has 2 heterocycles. The van der Waals surface area contributed by atoms with Gasteiger partial charge in [-0.25, -0.2) is 17.9 Å². The lowest BCUT2D eigenvalue weighted by molar-refractivity contribution is 0.0461. The molecular weight excluding hydrogens is 594 g/mol. The van der Waals surface area contributed by atoms with Crippen LogP contribution in [0, 0.1) is 11.8 Å². The average molecular weight is 632 g/mol. The SMILES string of the molecule is NC(=O)OC[C@@H]1CC/C=C\[C@H](O)[C@@H]2CC[C@H]2CN2CCCCc3cc(Cl)ccc3COc3ccc(cc32)C(=O)NS1(=O)=O. The number of aliphatic hydroxyl groups excluding tert-OH is 1. The molecule has 4 atom stereocenters. The molecule has 0 spiro atoms. The molecule has 1 saturated carbocycles. The van der Waals surface area contributed by atoms with Crippen LogP contribution >= 0.6 is 11.6 Å². The van der Waals surface area contributed by atoms with E-state index in [1.54, 1.807) is 30.4 Å². The Kier molecular flexibility index (Phi) is 9.83. The van der Waals surface area contributed by atoms with Crippen LogP contribution in [0.25, 0.3) is 0 Å². The maximum Gasteiger partial charge on any atom is 0.404 e. The molecule has 0 saturated heterocycles. The van der Waals surface area contributed by atoms with Crippen molar-refractivity contribution in [2.75, 3.05) is 24.6 Å². The van der Waals surface area contributed by atoms with Crippen molar-refractivity contribution in [3.63, 3.8) is 0 Å². The van der Waals surface area contributed by atoms with Crippen molar-refractivity contribution in [2.24, 2.45) is 17.6 Å². The number of carbonyl (C=O) groups is 2. The summed E-state index contributed by atoms with van der Waals surface area (Å²) in [6.45, 7) is 1.17. The van der Waals surface area contributed by atoms with Gasteiger partial charge in [0, 0.05) is 23.7 Å². The molecule has 2 aromatic carbocycles. The van der Waals surface area contributed by atoms with Crippen LogP contribution in [0.1, 0.15) is 60.0 Å². The number of carbonyl (C=O) groups excluding carboxylic acids is 2. The standard InChI is InChI=1S/C31H38ClN3O7S/c32-24-11-8-23-18-41-29-13-10-21-16-27(29)35(14-4-3-5-20(23)15-24)17-22-9-12-26(22)28(36)7-2-1-6-25(19-42-31(33)38)43(39,40)34-30(21)37/h2,7-8,10-11,13,15-16,22,25-26,28,36H,1,3-6,9,12,14,17-19H2,(H2,33,38)(H,34,37)/b7-2-/t22-,25-,26+,28-/m0/s1. The second-order valence-electron chi connectivity index (χ2n) is 11.5. The predicted molar refractivity (Wildman–Crippen MR) is 164 cm³/mol. The molecule has 232 valence electrons. The van der Waals surface area contributed by atoms with E-state index >= 15 is 0 Å². The summed E-state index contributed by atoms with van der Waals surface area (Å²) in [5, 5.41) is 10.5. The number of nitrogens with two attached hydrogens (primary N) is 1. The number of amides is 2. The summed E-state index contributed by atoms with van der Waals surface area (Å²) in [6, 6.07) is 10.7. The molecule has 43 heavy (non-hydrogen) atoms. The zero-order valence-electron chi connectivity index (χ0n) is 23.9. The Morgan fingerprint density at radius 1 is 1.14 bits per heavy atom. The van der Waals surface area contributed by atoms with Crippen molar-refractivity contribution in [1.29, 1.82) is 0 Å². The molecule has 1 aliphatic carbocycles. The second-order valence-corrected chi connectivity index (χ2v) is 13.9. The minimum atomic E-state index is -4.25. The second kappa shape index (κ2) is 13.6. The monoisotopic (exact) mass is 631 g/mol. The van der Waals surface area contributed by atoms with E-state index in [2.05, 4.69) is 9.62 Å². The van der Waals surface area contributed by atoms with Gasteiger partial charge in [0.25, 0.3) is 5.91 Å². The fourth-order valence-electron chi connectivity index (χ4n) is 6.07. The lowest BCUT2D eigenvalue weighted by atomic mass is 9.70. The van der Waals surface area contributed by atoms with Gasteiger partial charge in [0.2, 0.25) is 10.0 Å². The van der Waals surface area contributed by atoms with Gasteiger partial charge in [-0.15, -0.1) is 0 Å². The van der Waals surface area contributed by atoms with E-state index < -0.39 is 40.0 Å². The first-order chi connectivity index (χ1) is 20.6. The zero-order valence-corrected chi connectivity index (χ0v) is 25.5. The highest BCUT2D eigenvalue weighted by Gasteiger charge is 2.37. The number of aliphatic hydroxyl groups is 1. The summed E-state index contributed by atoms with van der Waals surface area (Å²) in [4.78, 5) is 26.8. The van der Waals surface area contributed by atoms with E-state index in [0.29, 0.717) is 42.6 Å². The molecule has 2 aromatic rings. The number of fused-ring (bicyclic) bond motifs is 3. The third-order valence-corrected chi connectivity index (χ3v) is 10.6. The number of rotatable bonds is 2. The van der Waals surface area contributed by atoms with Gasteiger partial charge in [-0.05, 0) is 98.2 Å². The highest BCUT2D eigenvalue weighted by atomic mass is 35.5. The van der Waals surface area contributed by atoms with Crippen molar-refractivity contribution in [3.8, 4) is 5.75 Å². The molecule has 12 heteroatoms. The first-order valence-corrected chi connectivity index (χ1v) is 16.6. The Labute approximate surface area is 257 Å². The number of hydrogen-bond acceptors (Lipinski definition) is 8. The molecular formula is C31H38ClN3O7S. The molecule has 0 unspecified atom stereocenters. The number of primary amides is 1. The molecule has 4 N–H and O–H groups in total. The average Bonchev–Trinajstić information content (AvgIpc) is 2.97. The number of nitrogens with one attached hydrogen (secondary N) is 1. The molecule has 0 aromatic heterocycles. The van der Waals surface area contributed by atoms with Crippen molar-refractivity contribution < 1.29 is 32.6 Å². The van der Waals surface area contributed by atoms with Gasteiger partial charge < -0.3 is 25.2 Å². The van der Waals surface area contributed by atoms with Gasteiger partial charge in [0.1, 0.15) is 24.2 Å². The van der Waals surface area contributed by atoms with Crippen molar-refractivity contribution >= 4 is 39.3 Å². The lowest BCUT2D eigenvalue weighted by Crippen LogP contribution is -2.43. The van der Waals surface area contributed by atoms with E-state index in [1.807, 2.05) is 18.2 Å². The van der Waals surface area contributed by atoms with Crippen LogP contribution in [0.15, 0.2) is 48.6 Å². The number of ether oxygens (including phenoxy) is 2. The smallest absolute Gasteiger partial charge is 0.404 e. The molecule has 1 fully saturated rings. The highest BCUT2D eigenvalue weighted by molar-refractivity contribution is 7.90. The molecule has 10 nitrogen and oxygen atoms in total. The van der Waals surface area contributed by atoms with Gasteiger partial charge >= 0.3 is 6.09 Å². The van der Waals surface area contributed by atoms with Gasteiger partial charge in [0.05, 0.1) is 11.8 Å². The Bertz CT molecular complexity index is 1480. The Balaban J connectivity index is 1.52. The number of halogens is 1. The number of sulfonamides is 1. The maximum absolute atomic E-state index is 13.4. The van der Waals surface area contributed by atoms with E-state index in [4.69, 9.17) is 26.8 Å². The Morgan fingerprint density at radius 2 is 1.98 bits per heavy atom. The highest BCUT2D eigenvalue weighted by Crippen LogP contribution is 2.41. The minimum absolute atomic E-state index is 0.0577. The number of aryl methyl sites for hydroxylation is 1. The topological polar surface area (TPSA) is 148 Å². The van der Waals surface area contributed by atoms with Gasteiger partial charge in [-0.2, -0.15) is 0 Å².